The molecule has 1 heterocycles. The molecule has 1 aliphatic heterocycles. The first kappa shape index (κ1) is 12.5. The van der Waals surface area contributed by atoms with E-state index in [2.05, 4.69) is 13.8 Å². The average molecular weight is 212 g/mol. The van der Waals surface area contributed by atoms with Gasteiger partial charge in [-0.3, -0.25) is 4.79 Å². The van der Waals surface area contributed by atoms with Crippen molar-refractivity contribution >= 4 is 5.91 Å². The number of nitrogens with zero attached hydrogens (tertiary/aromatic N) is 1. The maximum Gasteiger partial charge on any atom is 0.222 e. The first-order chi connectivity index (χ1) is 7.17. The van der Waals surface area contributed by atoms with Crippen LogP contribution in [-0.4, -0.2) is 30.4 Å². The second kappa shape index (κ2) is 5.50. The maximum atomic E-state index is 11.8. The Kier molecular flexibility index (Phi) is 4.58. The summed E-state index contributed by atoms with van der Waals surface area (Å²) < 4.78 is 0. The fourth-order valence-electron chi connectivity index (χ4n) is 2.39. The summed E-state index contributed by atoms with van der Waals surface area (Å²) in [5, 5.41) is 0. The van der Waals surface area contributed by atoms with Crippen molar-refractivity contribution in [3.8, 4) is 0 Å². The second-order valence-corrected chi connectivity index (χ2v) is 4.66. The van der Waals surface area contributed by atoms with Gasteiger partial charge in [-0.2, -0.15) is 0 Å². The summed E-state index contributed by atoms with van der Waals surface area (Å²) in [5.41, 5.74) is 5.81. The molecule has 0 saturated carbocycles. The SMILES string of the molecule is CCC1(CC)CCN(C(=O)CCCN)C1. The Labute approximate surface area is 93.0 Å². The van der Waals surface area contributed by atoms with Gasteiger partial charge in [0.1, 0.15) is 0 Å². The van der Waals surface area contributed by atoms with Crippen LogP contribution in [0, 0.1) is 5.41 Å². The van der Waals surface area contributed by atoms with Crippen molar-refractivity contribution in [2.45, 2.75) is 46.0 Å². The van der Waals surface area contributed by atoms with E-state index < -0.39 is 0 Å². The molecule has 0 spiro atoms. The number of nitrogens with two attached hydrogens (primary N) is 1. The lowest BCUT2D eigenvalue weighted by molar-refractivity contribution is -0.130. The van der Waals surface area contributed by atoms with E-state index in [1.165, 1.54) is 19.3 Å². The van der Waals surface area contributed by atoms with Gasteiger partial charge >= 0.3 is 0 Å². The molecular weight excluding hydrogens is 188 g/mol. The van der Waals surface area contributed by atoms with E-state index in [-0.39, 0.29) is 0 Å². The highest BCUT2D eigenvalue weighted by Gasteiger charge is 2.36. The third-order valence-electron chi connectivity index (χ3n) is 3.89. The number of carbonyl (C=O) groups excluding carboxylic acids is 1. The third kappa shape index (κ3) is 2.94. The zero-order chi connectivity index (χ0) is 11.3. The predicted octanol–water partition coefficient (Wildman–Crippen LogP) is 1.76. The molecule has 0 aliphatic carbocycles. The molecule has 2 N–H and O–H groups in total. The van der Waals surface area contributed by atoms with Crippen LogP contribution in [-0.2, 0) is 4.79 Å². The summed E-state index contributed by atoms with van der Waals surface area (Å²) in [6.45, 7) is 7.00. The molecule has 0 aromatic heterocycles. The molecule has 0 aromatic carbocycles. The van der Waals surface area contributed by atoms with Crippen molar-refractivity contribution in [2.75, 3.05) is 19.6 Å². The van der Waals surface area contributed by atoms with Crippen molar-refractivity contribution in [1.82, 2.24) is 4.90 Å². The maximum absolute atomic E-state index is 11.8. The van der Waals surface area contributed by atoms with Crippen LogP contribution >= 0.6 is 0 Å². The van der Waals surface area contributed by atoms with Crippen molar-refractivity contribution < 1.29 is 4.79 Å². The van der Waals surface area contributed by atoms with Gasteiger partial charge in [0, 0.05) is 19.5 Å². The quantitative estimate of drug-likeness (QED) is 0.755. The molecule has 1 rings (SSSR count). The minimum atomic E-state index is 0.296. The Bertz CT molecular complexity index is 212. The Morgan fingerprint density at radius 2 is 2.07 bits per heavy atom. The van der Waals surface area contributed by atoms with Crippen molar-refractivity contribution in [3.05, 3.63) is 0 Å². The minimum absolute atomic E-state index is 0.296. The summed E-state index contributed by atoms with van der Waals surface area (Å²) in [5.74, 6) is 0.296. The fraction of sp³-hybridized carbons (Fsp3) is 0.917. The van der Waals surface area contributed by atoms with E-state index in [4.69, 9.17) is 5.73 Å². The zero-order valence-electron chi connectivity index (χ0n) is 10.1. The smallest absolute Gasteiger partial charge is 0.222 e. The van der Waals surface area contributed by atoms with Gasteiger partial charge in [0.05, 0.1) is 0 Å². The molecule has 0 radical (unpaired) electrons. The molecule has 0 bridgehead atoms. The molecule has 1 amide bonds. The Morgan fingerprint density at radius 3 is 2.53 bits per heavy atom. The standard InChI is InChI=1S/C12H24N2O/c1-3-12(4-2)7-9-14(10-12)11(15)6-5-8-13/h3-10,13H2,1-2H3. The first-order valence-electron chi connectivity index (χ1n) is 6.15. The molecule has 1 aliphatic rings. The van der Waals surface area contributed by atoms with Crippen LogP contribution in [0.3, 0.4) is 0 Å². The number of likely N-dealkylation sites (tertiary alicyclic amines) is 1. The molecule has 88 valence electrons. The summed E-state index contributed by atoms with van der Waals surface area (Å²) in [6.07, 6.45) is 4.99. The second-order valence-electron chi connectivity index (χ2n) is 4.66. The minimum Gasteiger partial charge on any atom is -0.342 e. The summed E-state index contributed by atoms with van der Waals surface area (Å²) in [4.78, 5) is 13.8. The summed E-state index contributed by atoms with van der Waals surface area (Å²) in [6, 6.07) is 0. The number of amides is 1. The lowest BCUT2D eigenvalue weighted by Crippen LogP contribution is -2.31. The van der Waals surface area contributed by atoms with Gasteiger partial charge in [-0.1, -0.05) is 13.8 Å². The molecule has 3 heteroatoms. The molecule has 0 atom stereocenters. The zero-order valence-corrected chi connectivity index (χ0v) is 10.1. The normalized spacial score (nSPS) is 19.5. The fourth-order valence-corrected chi connectivity index (χ4v) is 2.39. The largest absolute Gasteiger partial charge is 0.342 e. The summed E-state index contributed by atoms with van der Waals surface area (Å²) in [7, 11) is 0. The van der Waals surface area contributed by atoms with Crippen LogP contribution in [0.15, 0.2) is 0 Å². The van der Waals surface area contributed by atoms with Crippen LogP contribution in [0.1, 0.15) is 46.0 Å². The van der Waals surface area contributed by atoms with Gasteiger partial charge in [0.15, 0.2) is 0 Å². The highest BCUT2D eigenvalue weighted by atomic mass is 16.2. The van der Waals surface area contributed by atoms with Gasteiger partial charge in [-0.25, -0.2) is 0 Å². The highest BCUT2D eigenvalue weighted by molar-refractivity contribution is 5.76. The molecule has 1 fully saturated rings. The number of hydrogen-bond acceptors (Lipinski definition) is 2. The van der Waals surface area contributed by atoms with E-state index in [0.29, 0.717) is 24.3 Å². The Hall–Kier alpha value is -0.570. The molecule has 3 nitrogen and oxygen atoms in total. The van der Waals surface area contributed by atoms with Crippen LogP contribution < -0.4 is 5.73 Å². The van der Waals surface area contributed by atoms with E-state index in [1.54, 1.807) is 0 Å². The monoisotopic (exact) mass is 212 g/mol. The highest BCUT2D eigenvalue weighted by Crippen LogP contribution is 2.37. The molecule has 0 unspecified atom stereocenters. The van der Waals surface area contributed by atoms with Crippen LogP contribution in [0.4, 0.5) is 0 Å². The van der Waals surface area contributed by atoms with Gasteiger partial charge in [0.2, 0.25) is 5.91 Å². The van der Waals surface area contributed by atoms with Crippen LogP contribution in [0.25, 0.3) is 0 Å². The Morgan fingerprint density at radius 1 is 1.40 bits per heavy atom. The van der Waals surface area contributed by atoms with Crippen molar-refractivity contribution in [1.29, 1.82) is 0 Å². The van der Waals surface area contributed by atoms with Gasteiger partial charge in [0.25, 0.3) is 0 Å². The topological polar surface area (TPSA) is 46.3 Å². The Balaban J connectivity index is 2.44. The average Bonchev–Trinajstić information content (AvgIpc) is 2.71. The molecule has 1 saturated heterocycles. The predicted molar refractivity (Wildman–Crippen MR) is 62.5 cm³/mol. The lowest BCUT2D eigenvalue weighted by Gasteiger charge is -2.26. The van der Waals surface area contributed by atoms with Gasteiger partial charge < -0.3 is 10.6 Å². The van der Waals surface area contributed by atoms with E-state index in [1.807, 2.05) is 4.90 Å². The molecule has 15 heavy (non-hydrogen) atoms. The van der Waals surface area contributed by atoms with Gasteiger partial charge in [-0.15, -0.1) is 0 Å². The van der Waals surface area contributed by atoms with Crippen LogP contribution in [0.2, 0.25) is 0 Å². The van der Waals surface area contributed by atoms with Gasteiger partial charge in [-0.05, 0) is 37.6 Å². The van der Waals surface area contributed by atoms with E-state index >= 15 is 0 Å². The lowest BCUT2D eigenvalue weighted by atomic mass is 9.82. The first-order valence-corrected chi connectivity index (χ1v) is 6.15. The third-order valence-corrected chi connectivity index (χ3v) is 3.89. The molecular formula is C12H24N2O. The number of carbonyl (C=O) groups is 1. The van der Waals surface area contributed by atoms with Crippen molar-refractivity contribution in [2.24, 2.45) is 11.1 Å². The number of rotatable bonds is 5. The van der Waals surface area contributed by atoms with Crippen molar-refractivity contribution in [3.63, 3.8) is 0 Å². The number of hydrogen-bond donors (Lipinski definition) is 1. The van der Waals surface area contributed by atoms with E-state index in [9.17, 15) is 4.79 Å². The molecule has 0 aromatic rings. The van der Waals surface area contributed by atoms with E-state index in [0.717, 1.165) is 19.5 Å². The summed E-state index contributed by atoms with van der Waals surface area (Å²) >= 11 is 0. The van der Waals surface area contributed by atoms with Crippen LogP contribution in [0.5, 0.6) is 0 Å².